The molecule has 1 N–H and O–H groups in total. The van der Waals surface area contributed by atoms with Gasteiger partial charge in [-0.3, -0.25) is 4.79 Å². The summed E-state index contributed by atoms with van der Waals surface area (Å²) in [6, 6.07) is 8.62. The number of nitrogens with zero attached hydrogens (tertiary/aromatic N) is 1. The third kappa shape index (κ3) is 5.28. The number of nitriles is 1. The van der Waals surface area contributed by atoms with Crippen LogP contribution < -0.4 is 5.32 Å². The van der Waals surface area contributed by atoms with Gasteiger partial charge in [0.25, 0.3) is 0 Å². The summed E-state index contributed by atoms with van der Waals surface area (Å²) in [5.41, 5.74) is 1.69. The van der Waals surface area contributed by atoms with E-state index in [0.29, 0.717) is 5.75 Å². The predicted molar refractivity (Wildman–Crippen MR) is 97.6 cm³/mol. The topological polar surface area (TPSA) is 52.9 Å². The molecule has 0 aliphatic carbocycles. The van der Waals surface area contributed by atoms with Crippen molar-refractivity contribution in [2.75, 3.05) is 5.75 Å². The fraction of sp³-hybridized carbons (Fsp3) is 0.579. The number of hydrogen-bond donors (Lipinski definition) is 1. The number of benzene rings is 1. The Morgan fingerprint density at radius 1 is 1.30 bits per heavy atom. The summed E-state index contributed by atoms with van der Waals surface area (Å²) >= 11 is 1.53. The molecule has 1 atom stereocenters. The van der Waals surface area contributed by atoms with Crippen molar-refractivity contribution in [3.8, 4) is 6.07 Å². The molecule has 3 nitrogen and oxygen atoms in total. The van der Waals surface area contributed by atoms with Gasteiger partial charge in [-0.2, -0.15) is 5.26 Å². The molecule has 0 aliphatic rings. The molecule has 0 bridgehead atoms. The summed E-state index contributed by atoms with van der Waals surface area (Å²) in [6.07, 6.45) is 0. The molecule has 1 aromatic rings. The zero-order valence-electron chi connectivity index (χ0n) is 15.3. The Kier molecular flexibility index (Phi) is 6.30. The summed E-state index contributed by atoms with van der Waals surface area (Å²) in [6.45, 7) is 14.2. The maximum Gasteiger partial charge on any atom is 0.231 e. The Hall–Kier alpha value is -1.47. The Morgan fingerprint density at radius 3 is 2.39 bits per heavy atom. The van der Waals surface area contributed by atoms with Crippen molar-refractivity contribution in [1.82, 2.24) is 5.32 Å². The number of rotatable bonds is 5. The second-order valence-corrected chi connectivity index (χ2v) is 8.55. The van der Waals surface area contributed by atoms with E-state index in [2.05, 4.69) is 57.3 Å². The molecule has 1 amide bonds. The van der Waals surface area contributed by atoms with Crippen molar-refractivity contribution in [2.45, 2.75) is 64.3 Å². The highest BCUT2D eigenvalue weighted by molar-refractivity contribution is 8.00. The molecule has 0 heterocycles. The number of nitrogens with one attached hydrogen (secondary N) is 1. The van der Waals surface area contributed by atoms with Gasteiger partial charge in [-0.25, -0.2) is 0 Å². The van der Waals surface area contributed by atoms with Crippen molar-refractivity contribution < 1.29 is 4.79 Å². The van der Waals surface area contributed by atoms with Crippen LogP contribution >= 0.6 is 11.8 Å². The summed E-state index contributed by atoms with van der Waals surface area (Å²) in [5, 5.41) is 12.1. The average molecular weight is 333 g/mol. The first-order valence-corrected chi connectivity index (χ1v) is 8.94. The molecule has 0 spiro atoms. The first-order valence-electron chi connectivity index (χ1n) is 7.96. The maximum atomic E-state index is 12.2. The lowest BCUT2D eigenvalue weighted by molar-refractivity contribution is -0.120. The zero-order chi connectivity index (χ0) is 17.8. The smallest absolute Gasteiger partial charge is 0.231 e. The molecule has 126 valence electrons. The van der Waals surface area contributed by atoms with Crippen LogP contribution in [-0.2, 0) is 10.2 Å². The SMILES string of the molecule is Cc1ccc(C(C)(C)C)cc1SCC(=O)NC(C)(C#N)C(C)C. The van der Waals surface area contributed by atoms with Gasteiger partial charge < -0.3 is 5.32 Å². The lowest BCUT2D eigenvalue weighted by Crippen LogP contribution is -2.49. The van der Waals surface area contributed by atoms with Crippen LogP contribution in [0.4, 0.5) is 0 Å². The predicted octanol–water partition coefficient (Wildman–Crippen LogP) is 4.44. The molecule has 0 saturated carbocycles. The molecule has 1 rings (SSSR count). The van der Waals surface area contributed by atoms with E-state index in [1.807, 2.05) is 13.8 Å². The lowest BCUT2D eigenvalue weighted by Gasteiger charge is -2.27. The van der Waals surface area contributed by atoms with E-state index in [1.165, 1.54) is 22.9 Å². The summed E-state index contributed by atoms with van der Waals surface area (Å²) in [4.78, 5) is 13.3. The van der Waals surface area contributed by atoms with Crippen LogP contribution in [0.2, 0.25) is 0 Å². The standard InChI is InChI=1S/C19H28N2OS/c1-13(2)19(7,12-20)21-17(22)11-23-16-10-15(18(4,5)6)9-8-14(16)3/h8-10,13H,11H2,1-7H3,(H,21,22). The number of amides is 1. The number of thioether (sulfide) groups is 1. The van der Waals surface area contributed by atoms with Crippen molar-refractivity contribution in [3.63, 3.8) is 0 Å². The van der Waals surface area contributed by atoms with Crippen molar-refractivity contribution in [2.24, 2.45) is 5.92 Å². The Balaban J connectivity index is 2.79. The molecule has 0 aliphatic heterocycles. The highest BCUT2D eigenvalue weighted by Gasteiger charge is 2.29. The van der Waals surface area contributed by atoms with Gasteiger partial charge in [0.15, 0.2) is 0 Å². The van der Waals surface area contributed by atoms with Gasteiger partial charge >= 0.3 is 0 Å². The average Bonchev–Trinajstić information content (AvgIpc) is 2.44. The second kappa shape index (κ2) is 7.40. The van der Waals surface area contributed by atoms with Crippen molar-refractivity contribution >= 4 is 17.7 Å². The van der Waals surface area contributed by atoms with Crippen LogP contribution in [0.25, 0.3) is 0 Å². The highest BCUT2D eigenvalue weighted by atomic mass is 32.2. The van der Waals surface area contributed by atoms with E-state index in [4.69, 9.17) is 0 Å². The van der Waals surface area contributed by atoms with Crippen LogP contribution in [0.5, 0.6) is 0 Å². The molecule has 0 aromatic heterocycles. The first-order chi connectivity index (χ1) is 10.5. The van der Waals surface area contributed by atoms with Crippen LogP contribution in [0.3, 0.4) is 0 Å². The first kappa shape index (κ1) is 19.6. The maximum absolute atomic E-state index is 12.2. The van der Waals surface area contributed by atoms with Gasteiger partial charge in [-0.15, -0.1) is 11.8 Å². The molecule has 4 heteroatoms. The van der Waals surface area contributed by atoms with Crippen LogP contribution in [-0.4, -0.2) is 17.2 Å². The van der Waals surface area contributed by atoms with E-state index in [1.54, 1.807) is 6.92 Å². The fourth-order valence-electron chi connectivity index (χ4n) is 1.99. The Labute approximate surface area is 144 Å². The van der Waals surface area contributed by atoms with Gasteiger partial charge in [-0.1, -0.05) is 46.8 Å². The molecular formula is C19H28N2OS. The molecule has 0 fully saturated rings. The molecule has 1 aromatic carbocycles. The number of carbonyl (C=O) groups is 1. The van der Waals surface area contributed by atoms with E-state index < -0.39 is 5.54 Å². The van der Waals surface area contributed by atoms with Gasteiger partial charge in [0.05, 0.1) is 11.8 Å². The van der Waals surface area contributed by atoms with E-state index >= 15 is 0 Å². The van der Waals surface area contributed by atoms with Gasteiger partial charge in [0.2, 0.25) is 5.91 Å². The fourth-order valence-corrected chi connectivity index (χ4v) is 2.86. The third-order valence-electron chi connectivity index (χ3n) is 4.20. The minimum atomic E-state index is -0.819. The quantitative estimate of drug-likeness (QED) is 0.811. The van der Waals surface area contributed by atoms with Crippen molar-refractivity contribution in [3.05, 3.63) is 29.3 Å². The van der Waals surface area contributed by atoms with Crippen LogP contribution in [0.1, 0.15) is 52.7 Å². The van der Waals surface area contributed by atoms with Crippen LogP contribution in [0.15, 0.2) is 23.1 Å². The molecule has 1 unspecified atom stereocenters. The number of carbonyl (C=O) groups excluding carboxylic acids is 1. The zero-order valence-corrected chi connectivity index (χ0v) is 16.1. The summed E-state index contributed by atoms with van der Waals surface area (Å²) in [5.74, 6) is 0.277. The van der Waals surface area contributed by atoms with Gasteiger partial charge in [0.1, 0.15) is 5.54 Å². The minimum absolute atomic E-state index is 0.0624. The molecule has 0 radical (unpaired) electrons. The van der Waals surface area contributed by atoms with E-state index in [9.17, 15) is 10.1 Å². The molecule has 23 heavy (non-hydrogen) atoms. The largest absolute Gasteiger partial charge is 0.337 e. The normalized spacial score (nSPS) is 14.2. The third-order valence-corrected chi connectivity index (χ3v) is 5.36. The van der Waals surface area contributed by atoms with Gasteiger partial charge in [-0.05, 0) is 42.4 Å². The number of aryl methyl sites for hydroxylation is 1. The highest BCUT2D eigenvalue weighted by Crippen LogP contribution is 2.29. The Bertz CT molecular complexity index is 611. The van der Waals surface area contributed by atoms with Crippen molar-refractivity contribution in [1.29, 1.82) is 5.26 Å². The summed E-state index contributed by atoms with van der Waals surface area (Å²) < 4.78 is 0. The van der Waals surface area contributed by atoms with Gasteiger partial charge in [0, 0.05) is 4.90 Å². The second-order valence-electron chi connectivity index (χ2n) is 7.54. The summed E-state index contributed by atoms with van der Waals surface area (Å²) in [7, 11) is 0. The molecular weight excluding hydrogens is 304 g/mol. The van der Waals surface area contributed by atoms with E-state index in [0.717, 1.165) is 4.90 Å². The Morgan fingerprint density at radius 2 is 1.91 bits per heavy atom. The van der Waals surface area contributed by atoms with Crippen LogP contribution in [0, 0.1) is 24.2 Å². The van der Waals surface area contributed by atoms with E-state index in [-0.39, 0.29) is 17.2 Å². The number of hydrogen-bond acceptors (Lipinski definition) is 3. The lowest BCUT2D eigenvalue weighted by atomic mass is 9.87. The monoisotopic (exact) mass is 332 g/mol. The molecule has 0 saturated heterocycles. The minimum Gasteiger partial charge on any atom is -0.337 e.